The number of rotatable bonds is 7. The molecule has 7 nitrogen and oxygen atoms in total. The summed E-state index contributed by atoms with van der Waals surface area (Å²) in [6.45, 7) is 2.24. The van der Waals surface area contributed by atoms with E-state index >= 15 is 0 Å². The topological polar surface area (TPSA) is 78.5 Å². The van der Waals surface area contributed by atoms with Crippen LogP contribution in [0, 0.1) is 0 Å². The van der Waals surface area contributed by atoms with Crippen LogP contribution in [0.1, 0.15) is 12.1 Å². The molecule has 136 valence electrons. The first kappa shape index (κ1) is 18.1. The zero-order valence-electron chi connectivity index (χ0n) is 14.4. The van der Waals surface area contributed by atoms with Crippen LogP contribution in [0.5, 0.6) is 0 Å². The zero-order valence-corrected chi connectivity index (χ0v) is 15.2. The number of nitrogens with zero attached hydrogens (tertiary/aromatic N) is 3. The average molecular weight is 364 g/mol. The number of aromatic amines is 1. The average Bonchev–Trinajstić information content (AvgIpc) is 3.12. The number of benzene rings is 1. The van der Waals surface area contributed by atoms with Crippen LogP contribution < -0.4 is 0 Å². The van der Waals surface area contributed by atoms with Crippen LogP contribution in [0.25, 0.3) is 11.3 Å². The van der Waals surface area contributed by atoms with E-state index < -0.39 is 10.2 Å². The summed E-state index contributed by atoms with van der Waals surface area (Å²) in [6.07, 6.45) is 1.49. The van der Waals surface area contributed by atoms with E-state index in [1.165, 1.54) is 8.61 Å². The minimum atomic E-state index is -3.39. The summed E-state index contributed by atoms with van der Waals surface area (Å²) >= 11 is 0. The molecule has 0 spiro atoms. The standard InChI is InChI=1S/C17H24N4O3S/c1-20(25(22,23)21-10-12-24-13-11-21)9-5-8-16-14-17(19-18-16)15-6-3-2-4-7-15/h2-4,6-7,14H,5,8-13H2,1H3,(H,18,19). The Kier molecular flexibility index (Phi) is 5.85. The number of hydrogen-bond acceptors (Lipinski definition) is 4. The van der Waals surface area contributed by atoms with Gasteiger partial charge in [0.2, 0.25) is 0 Å². The van der Waals surface area contributed by atoms with Gasteiger partial charge < -0.3 is 4.74 Å². The van der Waals surface area contributed by atoms with Gasteiger partial charge in [0.05, 0.1) is 18.9 Å². The van der Waals surface area contributed by atoms with Gasteiger partial charge in [0.1, 0.15) is 0 Å². The van der Waals surface area contributed by atoms with Gasteiger partial charge in [0.15, 0.2) is 0 Å². The van der Waals surface area contributed by atoms with Crippen molar-refractivity contribution in [3.05, 3.63) is 42.1 Å². The normalized spacial score (nSPS) is 16.4. The predicted octanol–water partition coefficient (Wildman–Crippen LogP) is 1.52. The number of aromatic nitrogens is 2. The number of nitrogens with one attached hydrogen (secondary N) is 1. The Morgan fingerprint density at radius 2 is 1.96 bits per heavy atom. The Morgan fingerprint density at radius 3 is 2.68 bits per heavy atom. The second-order valence-electron chi connectivity index (χ2n) is 6.09. The van der Waals surface area contributed by atoms with Crippen molar-refractivity contribution in [1.82, 2.24) is 18.8 Å². The van der Waals surface area contributed by atoms with Crippen molar-refractivity contribution in [2.24, 2.45) is 0 Å². The highest BCUT2D eigenvalue weighted by Gasteiger charge is 2.28. The second-order valence-corrected chi connectivity index (χ2v) is 8.12. The smallest absolute Gasteiger partial charge is 0.281 e. The Labute approximate surface area is 148 Å². The highest BCUT2D eigenvalue weighted by atomic mass is 32.2. The first-order valence-electron chi connectivity index (χ1n) is 8.46. The highest BCUT2D eigenvalue weighted by Crippen LogP contribution is 2.18. The van der Waals surface area contributed by atoms with E-state index in [1.54, 1.807) is 7.05 Å². The monoisotopic (exact) mass is 364 g/mol. The van der Waals surface area contributed by atoms with Gasteiger partial charge in [-0.3, -0.25) is 5.10 Å². The lowest BCUT2D eigenvalue weighted by molar-refractivity contribution is 0.0706. The number of aryl methyl sites for hydroxylation is 1. The van der Waals surface area contributed by atoms with Crippen molar-refractivity contribution in [3.8, 4) is 11.3 Å². The van der Waals surface area contributed by atoms with Crippen molar-refractivity contribution >= 4 is 10.2 Å². The van der Waals surface area contributed by atoms with Gasteiger partial charge in [-0.1, -0.05) is 30.3 Å². The third-order valence-corrected chi connectivity index (χ3v) is 6.30. The number of ether oxygens (including phenoxy) is 1. The second kappa shape index (κ2) is 8.09. The molecule has 1 aliphatic heterocycles. The van der Waals surface area contributed by atoms with Crippen molar-refractivity contribution in [3.63, 3.8) is 0 Å². The largest absolute Gasteiger partial charge is 0.379 e. The van der Waals surface area contributed by atoms with Gasteiger partial charge in [-0.05, 0) is 18.9 Å². The molecule has 2 aromatic rings. The van der Waals surface area contributed by atoms with Crippen LogP contribution in [0.3, 0.4) is 0 Å². The summed E-state index contributed by atoms with van der Waals surface area (Å²) in [5.41, 5.74) is 2.98. The lowest BCUT2D eigenvalue weighted by Gasteiger charge is -2.30. The van der Waals surface area contributed by atoms with Gasteiger partial charge in [-0.25, -0.2) is 0 Å². The highest BCUT2D eigenvalue weighted by molar-refractivity contribution is 7.86. The third-order valence-electron chi connectivity index (χ3n) is 4.31. The molecule has 0 radical (unpaired) electrons. The van der Waals surface area contributed by atoms with Gasteiger partial charge in [-0.15, -0.1) is 0 Å². The van der Waals surface area contributed by atoms with Crippen LogP contribution in [0.2, 0.25) is 0 Å². The number of hydrogen-bond donors (Lipinski definition) is 1. The molecule has 25 heavy (non-hydrogen) atoms. The molecule has 1 saturated heterocycles. The maximum atomic E-state index is 12.5. The van der Waals surface area contributed by atoms with E-state index in [-0.39, 0.29) is 0 Å². The lowest BCUT2D eigenvalue weighted by atomic mass is 10.1. The van der Waals surface area contributed by atoms with E-state index in [2.05, 4.69) is 10.2 Å². The first-order valence-corrected chi connectivity index (χ1v) is 9.86. The van der Waals surface area contributed by atoms with Crippen LogP contribution in [-0.4, -0.2) is 67.1 Å². The molecule has 0 atom stereocenters. The van der Waals surface area contributed by atoms with Crippen LogP contribution in [0.4, 0.5) is 0 Å². The molecule has 0 aliphatic carbocycles. The Bertz CT molecular complexity index is 770. The van der Waals surface area contributed by atoms with Crippen molar-refractivity contribution in [2.45, 2.75) is 12.8 Å². The minimum Gasteiger partial charge on any atom is -0.379 e. The fraction of sp³-hybridized carbons (Fsp3) is 0.471. The third kappa shape index (κ3) is 4.46. The Morgan fingerprint density at radius 1 is 1.24 bits per heavy atom. The van der Waals surface area contributed by atoms with Crippen molar-refractivity contribution in [2.75, 3.05) is 39.9 Å². The Balaban J connectivity index is 1.52. The predicted molar refractivity (Wildman–Crippen MR) is 96.3 cm³/mol. The maximum absolute atomic E-state index is 12.5. The number of morpholine rings is 1. The molecule has 1 N–H and O–H groups in total. The van der Waals surface area contributed by atoms with Gasteiger partial charge in [-0.2, -0.15) is 22.1 Å². The molecular formula is C17H24N4O3S. The van der Waals surface area contributed by atoms with Gasteiger partial charge >= 0.3 is 0 Å². The molecule has 0 amide bonds. The molecule has 1 aromatic carbocycles. The lowest BCUT2D eigenvalue weighted by Crippen LogP contribution is -2.47. The molecule has 0 saturated carbocycles. The van der Waals surface area contributed by atoms with E-state index in [0.717, 1.165) is 29.8 Å². The summed E-state index contributed by atoms with van der Waals surface area (Å²) in [7, 11) is -1.76. The molecule has 0 bridgehead atoms. The minimum absolute atomic E-state index is 0.424. The molecule has 3 rings (SSSR count). The van der Waals surface area contributed by atoms with Crippen molar-refractivity contribution in [1.29, 1.82) is 0 Å². The summed E-state index contributed by atoms with van der Waals surface area (Å²) in [4.78, 5) is 0. The SMILES string of the molecule is CN(CCCc1cc(-c2ccccc2)n[nH]1)S(=O)(=O)N1CCOCC1. The molecule has 0 unspecified atom stereocenters. The maximum Gasteiger partial charge on any atom is 0.281 e. The molecule has 2 heterocycles. The van der Waals surface area contributed by atoms with E-state index in [9.17, 15) is 8.42 Å². The zero-order chi connectivity index (χ0) is 17.7. The van der Waals surface area contributed by atoms with Gasteiger partial charge in [0.25, 0.3) is 10.2 Å². The molecular weight excluding hydrogens is 340 g/mol. The quantitative estimate of drug-likeness (QED) is 0.808. The molecule has 8 heteroatoms. The fourth-order valence-electron chi connectivity index (χ4n) is 2.83. The van der Waals surface area contributed by atoms with Crippen molar-refractivity contribution < 1.29 is 13.2 Å². The van der Waals surface area contributed by atoms with Gasteiger partial charge in [0, 0.05) is 37.9 Å². The Hall–Kier alpha value is -1.74. The summed E-state index contributed by atoms with van der Waals surface area (Å²) in [5.74, 6) is 0. The van der Waals surface area contributed by atoms with E-state index in [0.29, 0.717) is 32.8 Å². The summed E-state index contributed by atoms with van der Waals surface area (Å²) < 4.78 is 33.1. The number of H-pyrrole nitrogens is 1. The fourth-order valence-corrected chi connectivity index (χ4v) is 4.19. The molecule has 1 fully saturated rings. The van der Waals surface area contributed by atoms with Crippen LogP contribution in [0.15, 0.2) is 36.4 Å². The summed E-state index contributed by atoms with van der Waals surface area (Å²) in [6, 6.07) is 12.0. The van der Waals surface area contributed by atoms with E-state index in [4.69, 9.17) is 4.74 Å². The van der Waals surface area contributed by atoms with E-state index in [1.807, 2.05) is 36.4 Å². The van der Waals surface area contributed by atoms with Crippen LogP contribution >= 0.6 is 0 Å². The molecule has 1 aromatic heterocycles. The van der Waals surface area contributed by atoms with Crippen LogP contribution in [-0.2, 0) is 21.4 Å². The first-order chi connectivity index (χ1) is 12.1. The summed E-state index contributed by atoms with van der Waals surface area (Å²) in [5, 5.41) is 7.36. The molecule has 1 aliphatic rings.